The Morgan fingerprint density at radius 3 is 2.77 bits per heavy atom. The van der Waals surface area contributed by atoms with Crippen molar-refractivity contribution >= 4 is 17.4 Å². The second-order valence-electron chi connectivity index (χ2n) is 5.42. The Hall–Kier alpha value is -2.40. The number of rotatable bonds is 4. The normalized spacial score (nSPS) is 13.8. The van der Waals surface area contributed by atoms with E-state index >= 15 is 0 Å². The third-order valence-electron chi connectivity index (χ3n) is 3.84. The van der Waals surface area contributed by atoms with E-state index in [9.17, 15) is 9.59 Å². The topological polar surface area (TPSA) is 71.2 Å². The lowest BCUT2D eigenvalue weighted by Crippen LogP contribution is -2.17. The number of hydrogen-bond donors (Lipinski definition) is 2. The Labute approximate surface area is 128 Å². The molecule has 0 atom stereocenters. The van der Waals surface area contributed by atoms with Gasteiger partial charge in [-0.2, -0.15) is 0 Å². The van der Waals surface area contributed by atoms with Gasteiger partial charge in [0.1, 0.15) is 0 Å². The number of nitrogens with one attached hydrogen (secondary N) is 2. The lowest BCUT2D eigenvalue weighted by Gasteiger charge is -2.12. The molecule has 0 radical (unpaired) electrons. The van der Waals surface area contributed by atoms with Crippen LogP contribution in [-0.2, 0) is 17.8 Å². The monoisotopic (exact) mass is 298 g/mol. The van der Waals surface area contributed by atoms with Gasteiger partial charge in [-0.1, -0.05) is 12.1 Å². The molecule has 0 unspecified atom stereocenters. The maximum absolute atomic E-state index is 12.4. The van der Waals surface area contributed by atoms with Crippen molar-refractivity contribution in [3.8, 4) is 0 Å². The summed E-state index contributed by atoms with van der Waals surface area (Å²) in [6, 6.07) is 7.45. The van der Waals surface area contributed by atoms with Gasteiger partial charge in [0.2, 0.25) is 0 Å². The minimum absolute atomic E-state index is 0.0445. The molecule has 5 nitrogen and oxygen atoms in total. The first kappa shape index (κ1) is 14.5. The fourth-order valence-corrected chi connectivity index (χ4v) is 2.76. The van der Waals surface area contributed by atoms with Crippen molar-refractivity contribution in [3.05, 3.63) is 52.8 Å². The zero-order valence-corrected chi connectivity index (χ0v) is 12.4. The number of methoxy groups -OCH3 is 1. The summed E-state index contributed by atoms with van der Waals surface area (Å²) in [4.78, 5) is 27.5. The predicted octanol–water partition coefficient (Wildman–Crippen LogP) is 2.93. The lowest BCUT2D eigenvalue weighted by atomic mass is 9.93. The number of benzene rings is 1. The maximum atomic E-state index is 12.4. The number of amides is 1. The van der Waals surface area contributed by atoms with Crippen molar-refractivity contribution in [2.75, 3.05) is 12.4 Å². The highest BCUT2D eigenvalue weighted by Crippen LogP contribution is 2.24. The average Bonchev–Trinajstić information content (AvgIpc) is 2.95. The van der Waals surface area contributed by atoms with Crippen molar-refractivity contribution in [2.24, 2.45) is 0 Å². The van der Waals surface area contributed by atoms with E-state index in [2.05, 4.69) is 10.3 Å². The number of aromatic amines is 1. The SMILES string of the molecule is COCc1ccc(NC(=O)c2c[nH]c3c2C(=O)CCC3)cc1. The zero-order valence-electron chi connectivity index (χ0n) is 12.4. The summed E-state index contributed by atoms with van der Waals surface area (Å²) in [6.45, 7) is 0.536. The first-order valence-corrected chi connectivity index (χ1v) is 7.31. The van der Waals surface area contributed by atoms with E-state index in [0.717, 1.165) is 24.1 Å². The minimum atomic E-state index is -0.257. The smallest absolute Gasteiger partial charge is 0.257 e. The molecule has 1 aliphatic rings. The van der Waals surface area contributed by atoms with Crippen molar-refractivity contribution in [2.45, 2.75) is 25.9 Å². The van der Waals surface area contributed by atoms with Crippen LogP contribution in [0.15, 0.2) is 30.5 Å². The van der Waals surface area contributed by atoms with Gasteiger partial charge in [0, 0.05) is 31.1 Å². The van der Waals surface area contributed by atoms with Crippen LogP contribution in [0, 0.1) is 0 Å². The Bertz CT molecular complexity index is 701. The lowest BCUT2D eigenvalue weighted by molar-refractivity contribution is 0.0956. The molecule has 0 spiro atoms. The summed E-state index contributed by atoms with van der Waals surface area (Å²) < 4.78 is 5.05. The highest BCUT2D eigenvalue weighted by molar-refractivity contribution is 6.13. The van der Waals surface area contributed by atoms with Crippen LogP contribution in [0.1, 0.15) is 44.8 Å². The molecule has 2 aromatic rings. The van der Waals surface area contributed by atoms with Crippen LogP contribution in [0.4, 0.5) is 5.69 Å². The van der Waals surface area contributed by atoms with Crippen LogP contribution >= 0.6 is 0 Å². The third-order valence-corrected chi connectivity index (χ3v) is 3.84. The highest BCUT2D eigenvalue weighted by Gasteiger charge is 2.25. The summed E-state index contributed by atoms with van der Waals surface area (Å²) in [7, 11) is 1.64. The highest BCUT2D eigenvalue weighted by atomic mass is 16.5. The molecular formula is C17H18N2O3. The minimum Gasteiger partial charge on any atom is -0.380 e. The van der Waals surface area contributed by atoms with E-state index in [1.165, 1.54) is 0 Å². The molecule has 1 aromatic carbocycles. The zero-order chi connectivity index (χ0) is 15.5. The van der Waals surface area contributed by atoms with Crippen LogP contribution in [0.5, 0.6) is 0 Å². The number of H-pyrrole nitrogens is 1. The van der Waals surface area contributed by atoms with Gasteiger partial charge >= 0.3 is 0 Å². The van der Waals surface area contributed by atoms with Gasteiger partial charge in [0.15, 0.2) is 5.78 Å². The molecule has 0 aliphatic heterocycles. The number of aryl methyl sites for hydroxylation is 1. The molecule has 1 heterocycles. The number of carbonyl (C=O) groups is 2. The molecule has 1 aromatic heterocycles. The van der Waals surface area contributed by atoms with Crippen molar-refractivity contribution in [1.82, 2.24) is 4.98 Å². The molecule has 0 saturated heterocycles. The standard InChI is InChI=1S/C17H18N2O3/c1-22-10-11-5-7-12(8-6-11)19-17(21)13-9-18-14-3-2-4-15(20)16(13)14/h5-9,18H,2-4,10H2,1H3,(H,19,21). The Kier molecular flexibility index (Phi) is 4.06. The van der Waals surface area contributed by atoms with E-state index in [0.29, 0.717) is 29.8 Å². The second kappa shape index (κ2) is 6.15. The van der Waals surface area contributed by atoms with E-state index in [1.54, 1.807) is 13.3 Å². The van der Waals surface area contributed by atoms with Gasteiger partial charge in [-0.25, -0.2) is 0 Å². The summed E-state index contributed by atoms with van der Waals surface area (Å²) in [5, 5.41) is 2.83. The fraction of sp³-hybridized carbons (Fsp3) is 0.294. The Balaban J connectivity index is 1.77. The summed E-state index contributed by atoms with van der Waals surface area (Å²) in [6.07, 6.45) is 3.80. The number of carbonyl (C=O) groups excluding carboxylic acids is 2. The summed E-state index contributed by atoms with van der Waals surface area (Å²) >= 11 is 0. The van der Waals surface area contributed by atoms with Crippen molar-refractivity contribution < 1.29 is 14.3 Å². The van der Waals surface area contributed by atoms with Crippen LogP contribution in [-0.4, -0.2) is 23.8 Å². The average molecular weight is 298 g/mol. The maximum Gasteiger partial charge on any atom is 0.257 e. The van der Waals surface area contributed by atoms with Crippen molar-refractivity contribution in [1.29, 1.82) is 0 Å². The number of anilines is 1. The quantitative estimate of drug-likeness (QED) is 0.911. The van der Waals surface area contributed by atoms with Crippen molar-refractivity contribution in [3.63, 3.8) is 0 Å². The fourth-order valence-electron chi connectivity index (χ4n) is 2.76. The van der Waals surface area contributed by atoms with Gasteiger partial charge in [0.25, 0.3) is 5.91 Å². The number of fused-ring (bicyclic) bond motifs is 1. The first-order valence-electron chi connectivity index (χ1n) is 7.31. The third kappa shape index (κ3) is 2.80. The summed E-state index contributed by atoms with van der Waals surface area (Å²) in [5.74, 6) is -0.213. The molecule has 1 amide bonds. The van der Waals surface area contributed by atoms with Crippen LogP contribution < -0.4 is 5.32 Å². The first-order chi connectivity index (χ1) is 10.7. The van der Waals surface area contributed by atoms with Gasteiger partial charge in [-0.3, -0.25) is 9.59 Å². The Morgan fingerprint density at radius 2 is 2.05 bits per heavy atom. The molecule has 114 valence electrons. The molecule has 1 aliphatic carbocycles. The van der Waals surface area contributed by atoms with Gasteiger partial charge < -0.3 is 15.0 Å². The van der Waals surface area contributed by atoms with Crippen LogP contribution in [0.2, 0.25) is 0 Å². The molecule has 0 saturated carbocycles. The van der Waals surface area contributed by atoms with E-state index < -0.39 is 0 Å². The summed E-state index contributed by atoms with van der Waals surface area (Å²) in [5.41, 5.74) is 3.59. The molecule has 5 heteroatoms. The largest absolute Gasteiger partial charge is 0.380 e. The molecular weight excluding hydrogens is 280 g/mol. The predicted molar refractivity (Wildman–Crippen MR) is 83.2 cm³/mol. The Morgan fingerprint density at radius 1 is 1.27 bits per heavy atom. The number of Topliss-reactive ketones (excluding diaryl/α,β-unsaturated/α-hetero) is 1. The van der Waals surface area contributed by atoms with E-state index in [4.69, 9.17) is 4.74 Å². The molecule has 22 heavy (non-hydrogen) atoms. The van der Waals surface area contributed by atoms with Gasteiger partial charge in [-0.05, 0) is 30.5 Å². The molecule has 3 rings (SSSR count). The van der Waals surface area contributed by atoms with Crippen LogP contribution in [0.3, 0.4) is 0 Å². The second-order valence-corrected chi connectivity index (χ2v) is 5.42. The number of aromatic nitrogens is 1. The van der Waals surface area contributed by atoms with E-state index in [-0.39, 0.29) is 11.7 Å². The van der Waals surface area contributed by atoms with Crippen LogP contribution in [0.25, 0.3) is 0 Å². The number of hydrogen-bond acceptors (Lipinski definition) is 3. The molecule has 2 N–H and O–H groups in total. The number of ketones is 1. The van der Waals surface area contributed by atoms with Gasteiger partial charge in [0.05, 0.1) is 17.7 Å². The molecule has 0 bridgehead atoms. The molecule has 0 fully saturated rings. The van der Waals surface area contributed by atoms with E-state index in [1.807, 2.05) is 24.3 Å². The van der Waals surface area contributed by atoms with Gasteiger partial charge in [-0.15, -0.1) is 0 Å². The number of ether oxygens (including phenoxy) is 1.